The number of carbonyl (C=O) groups excluding carboxylic acids is 5. The highest BCUT2D eigenvalue weighted by atomic mass is 32.1. The summed E-state index contributed by atoms with van der Waals surface area (Å²) in [6, 6.07) is 8.81. The number of aryl methyl sites for hydroxylation is 2. The van der Waals surface area contributed by atoms with Crippen molar-refractivity contribution in [3.8, 4) is 16.9 Å². The number of carbonyl (C=O) groups is 5. The molecule has 3 saturated heterocycles. The second-order valence-electron chi connectivity index (χ2n) is 20.6. The third-order valence-corrected chi connectivity index (χ3v) is 17.9. The lowest BCUT2D eigenvalue weighted by Gasteiger charge is -2.50. The van der Waals surface area contributed by atoms with Crippen molar-refractivity contribution in [1.29, 1.82) is 0 Å². The number of piperazine rings is 1. The van der Waals surface area contributed by atoms with E-state index in [0.29, 0.717) is 81.0 Å². The fraction of sp³-hybridized carbons (Fsp3) is 0.434. The van der Waals surface area contributed by atoms with Crippen LogP contribution in [0.4, 0.5) is 28.7 Å². The van der Waals surface area contributed by atoms with Crippen molar-refractivity contribution in [2.45, 2.75) is 95.5 Å². The number of ether oxygens (including phenoxy) is 1. The summed E-state index contributed by atoms with van der Waals surface area (Å²) in [4.78, 5) is 121. The number of likely N-dealkylation sites (tertiary alicyclic amines) is 1. The van der Waals surface area contributed by atoms with Crippen LogP contribution in [0.2, 0.25) is 0 Å². The molecule has 0 spiro atoms. The topological polar surface area (TPSA) is 261 Å². The largest absolute Gasteiger partial charge is 0.489 e. The number of hydrogen-bond donors (Lipinski definition) is 4. The molecule has 0 bridgehead atoms. The Morgan fingerprint density at radius 1 is 0.883 bits per heavy atom. The maximum atomic E-state index is 14.1. The quantitative estimate of drug-likeness (QED) is 0.106. The fourth-order valence-electron chi connectivity index (χ4n) is 12.4. The SMILES string of the molecule is [2H]C([2H])([2H])n1cc(-c2ccnc(N3CCc4c(sc5c4CCCC5)C3=O)c2CO)cc(Nc2ccc(N3CCN([C@@H]4CCN5c6cc7c(cc6OC[C@H]5C4)C(=O)N(C4CCC(=O)N(COP(=O)(O)O)C4=O)C7=O)C[C@@H]3C)cn2)c1=O. The lowest BCUT2D eigenvalue weighted by Crippen LogP contribution is -2.59. The molecule has 22 nitrogen and oxygen atoms in total. The van der Waals surface area contributed by atoms with Crippen LogP contribution in [0.25, 0.3) is 11.1 Å². The minimum Gasteiger partial charge on any atom is -0.489 e. The number of aliphatic hydroxyl groups is 1. The van der Waals surface area contributed by atoms with E-state index in [0.717, 1.165) is 67.8 Å². The van der Waals surface area contributed by atoms with Crippen molar-refractivity contribution in [1.82, 2.24) is 29.2 Å². The van der Waals surface area contributed by atoms with Crippen molar-refractivity contribution in [3.63, 3.8) is 0 Å². The lowest BCUT2D eigenvalue weighted by molar-refractivity contribution is -0.155. The van der Waals surface area contributed by atoms with Crippen LogP contribution < -0.4 is 30.3 Å². The maximum Gasteiger partial charge on any atom is 0.471 e. The number of phosphoric acid groups is 1. The van der Waals surface area contributed by atoms with Crippen LogP contribution in [-0.2, 0) is 51.5 Å². The number of pyridine rings is 3. The smallest absolute Gasteiger partial charge is 0.471 e. The first kappa shape index (κ1) is 47.4. The van der Waals surface area contributed by atoms with Crippen molar-refractivity contribution in [2.24, 2.45) is 6.98 Å². The first-order valence-electron chi connectivity index (χ1n) is 27.3. The fourth-order valence-corrected chi connectivity index (χ4v) is 14.0. The summed E-state index contributed by atoms with van der Waals surface area (Å²) in [5.41, 5.74) is 4.27. The minimum absolute atomic E-state index is 0.0389. The van der Waals surface area contributed by atoms with E-state index in [2.05, 4.69) is 41.4 Å². The molecule has 24 heteroatoms. The Balaban J connectivity index is 0.702. The number of aromatic nitrogens is 3. The highest BCUT2D eigenvalue weighted by Crippen LogP contribution is 2.45. The molecule has 7 aliphatic rings. The molecular weight excluding hydrogens is 1030 g/mol. The standard InChI is InChI=1S/C53H57N10O12PS/c1-29-24-58(31-12-15-60-33(20-31)27-74-43-22-38-37(21-42(43)60)49(66)63(50(38)67)41-8-10-46(65)62(52(41)69)28-75-76(71,72)73)17-18-59(29)32-7-9-45(55-23-32)56-40-19-30(25-57(2)51(40)68)34-11-14-54-48(39(34)26-64)61-16-13-36-35-5-3-4-6-44(35)77-47(36)53(61)70/h7,9,11,14,19,21-23,25,29,31,33,41,64H,3-6,8,10,12-13,15-18,20,24,26-28H2,1-2H3,(H,55,56)(H2,71,72,73)/t29-,31+,33+,41?/m0/s1/i2D3. The summed E-state index contributed by atoms with van der Waals surface area (Å²) in [6.45, 7) is 1.31. The molecular formula is C53H57N10O12PS. The number of imide groups is 2. The average molecular weight is 1090 g/mol. The summed E-state index contributed by atoms with van der Waals surface area (Å²) < 4.78 is 47.5. The van der Waals surface area contributed by atoms with E-state index in [-0.39, 0.29) is 59.5 Å². The number of fused-ring (bicyclic) bond motifs is 7. The van der Waals surface area contributed by atoms with Gasteiger partial charge in [-0.1, -0.05) is 0 Å². The predicted molar refractivity (Wildman–Crippen MR) is 283 cm³/mol. The maximum absolute atomic E-state index is 14.1. The number of nitrogens with zero attached hydrogens (tertiary/aromatic N) is 9. The third-order valence-electron chi connectivity index (χ3n) is 16.2. The molecule has 4 aromatic heterocycles. The van der Waals surface area contributed by atoms with E-state index in [1.165, 1.54) is 35.0 Å². The van der Waals surface area contributed by atoms with Gasteiger partial charge in [0.15, 0.2) is 0 Å². The summed E-state index contributed by atoms with van der Waals surface area (Å²) in [6.07, 6.45) is 10.4. The van der Waals surface area contributed by atoms with Gasteiger partial charge in [-0.3, -0.25) is 52.9 Å². The molecule has 6 aliphatic heterocycles. The van der Waals surface area contributed by atoms with Crippen molar-refractivity contribution in [3.05, 3.63) is 103 Å². The number of thiophene rings is 1. The van der Waals surface area contributed by atoms with Crippen LogP contribution in [0.15, 0.2) is 59.8 Å². The molecule has 402 valence electrons. The van der Waals surface area contributed by atoms with Crippen LogP contribution >= 0.6 is 19.2 Å². The van der Waals surface area contributed by atoms with Crippen LogP contribution in [0.1, 0.15) is 102 Å². The van der Waals surface area contributed by atoms with Gasteiger partial charge in [-0.05, 0) is 111 Å². The Bertz CT molecular complexity index is 3520. The Labute approximate surface area is 450 Å². The number of piperidine rings is 2. The molecule has 0 radical (unpaired) electrons. The van der Waals surface area contributed by atoms with Gasteiger partial charge in [0.25, 0.3) is 29.2 Å². The van der Waals surface area contributed by atoms with Crippen molar-refractivity contribution >= 4 is 77.4 Å². The highest BCUT2D eigenvalue weighted by Gasteiger charge is 2.49. The zero-order valence-corrected chi connectivity index (χ0v) is 43.6. The van der Waals surface area contributed by atoms with E-state index >= 15 is 0 Å². The summed E-state index contributed by atoms with van der Waals surface area (Å²) >= 11 is 1.55. The third kappa shape index (κ3) is 9.10. The van der Waals surface area contributed by atoms with Crippen LogP contribution in [-0.4, -0.2) is 144 Å². The van der Waals surface area contributed by atoms with E-state index in [1.807, 2.05) is 6.07 Å². The number of nitrogens with one attached hydrogen (secondary N) is 1. The molecule has 1 aliphatic carbocycles. The van der Waals surface area contributed by atoms with Gasteiger partial charge in [-0.15, -0.1) is 11.3 Å². The van der Waals surface area contributed by atoms with Crippen LogP contribution in [0.3, 0.4) is 0 Å². The number of phosphoric ester groups is 1. The van der Waals surface area contributed by atoms with Crippen LogP contribution in [0, 0.1) is 0 Å². The van der Waals surface area contributed by atoms with Gasteiger partial charge in [0.1, 0.15) is 42.5 Å². The van der Waals surface area contributed by atoms with Gasteiger partial charge in [-0.25, -0.2) is 14.5 Å². The number of hydrogen-bond acceptors (Lipinski definition) is 17. The summed E-state index contributed by atoms with van der Waals surface area (Å²) in [5.74, 6) is -2.34. The number of benzene rings is 1. The van der Waals surface area contributed by atoms with Gasteiger partial charge in [0.2, 0.25) is 5.91 Å². The highest BCUT2D eigenvalue weighted by molar-refractivity contribution is 7.46. The molecule has 1 aromatic carbocycles. The minimum atomic E-state index is -5.04. The molecule has 0 saturated carbocycles. The first-order valence-corrected chi connectivity index (χ1v) is 28.2. The summed E-state index contributed by atoms with van der Waals surface area (Å²) in [5, 5.41) is 13.9. The number of rotatable bonds is 11. The van der Waals surface area contributed by atoms with E-state index < -0.39 is 63.4 Å². The van der Waals surface area contributed by atoms with Crippen molar-refractivity contribution < 1.29 is 56.8 Å². The molecule has 10 heterocycles. The Morgan fingerprint density at radius 2 is 1.70 bits per heavy atom. The average Bonchev–Trinajstić information content (AvgIpc) is 4.10. The second-order valence-corrected chi connectivity index (χ2v) is 22.9. The molecule has 12 rings (SSSR count). The van der Waals surface area contributed by atoms with E-state index in [9.17, 15) is 38.4 Å². The number of anilines is 5. The monoisotopic (exact) mass is 1090 g/mol. The number of amides is 5. The van der Waals surface area contributed by atoms with Gasteiger partial charge < -0.3 is 39.3 Å². The number of aliphatic hydroxyl groups excluding tert-OH is 1. The van der Waals surface area contributed by atoms with Crippen molar-refractivity contribution in [2.75, 3.05) is 66.1 Å². The van der Waals surface area contributed by atoms with Gasteiger partial charge in [-0.2, -0.15) is 0 Å². The van der Waals surface area contributed by atoms with Gasteiger partial charge in [0, 0.05) is 90.7 Å². The molecule has 1 unspecified atom stereocenters. The van der Waals surface area contributed by atoms with Crippen LogP contribution in [0.5, 0.6) is 5.75 Å². The Morgan fingerprint density at radius 3 is 2.47 bits per heavy atom. The summed E-state index contributed by atoms with van der Waals surface area (Å²) in [7, 11) is -5.04. The molecule has 5 aromatic rings. The lowest BCUT2D eigenvalue weighted by atomic mass is 9.92. The predicted octanol–water partition coefficient (Wildman–Crippen LogP) is 4.34. The molecule has 4 N–H and O–H groups in total. The van der Waals surface area contributed by atoms with Gasteiger partial charge >= 0.3 is 7.82 Å². The second kappa shape index (κ2) is 19.9. The Hall–Kier alpha value is -6.85. The zero-order valence-electron chi connectivity index (χ0n) is 44.9. The van der Waals surface area contributed by atoms with E-state index in [1.54, 1.807) is 40.6 Å². The normalized spacial score (nSPS) is 23.4. The molecule has 77 heavy (non-hydrogen) atoms. The van der Waals surface area contributed by atoms with E-state index in [4.69, 9.17) is 18.6 Å². The molecule has 5 amide bonds. The zero-order chi connectivity index (χ0) is 56.1. The van der Waals surface area contributed by atoms with Gasteiger partial charge in [0.05, 0.1) is 46.2 Å². The first-order chi connectivity index (χ1) is 38.3. The molecule has 3 fully saturated rings. The Kier molecular flexibility index (Phi) is 12.2. The molecule has 4 atom stereocenters.